The Balaban J connectivity index is 0.000000178. The number of hydrogen-bond acceptors (Lipinski definition) is 24. The molecule has 0 aliphatic heterocycles. The fraction of sp³-hybridized carbons (Fsp3) is 0.231. The molecular weight excluding hydrogens is 2150 g/mol. The van der Waals surface area contributed by atoms with Crippen molar-refractivity contribution in [1.82, 2.24) is 91.1 Å². The summed E-state index contributed by atoms with van der Waals surface area (Å²) in [5.41, 5.74) is 10.1. The van der Waals surface area contributed by atoms with E-state index in [1.807, 2.05) is 18.2 Å². The molecule has 0 spiro atoms. The molecular formula is C78H90F6N18O30P12. The van der Waals surface area contributed by atoms with Crippen LogP contribution in [0.5, 0.6) is 0 Å². The first-order chi connectivity index (χ1) is 66.2. The Bertz CT molecular complexity index is 7050. The third-order valence-electron chi connectivity index (χ3n) is 21.7. The van der Waals surface area contributed by atoms with Crippen LogP contribution >= 0.6 is 89.8 Å². The molecule has 24 N–H and O–H groups in total. The van der Waals surface area contributed by atoms with Crippen LogP contribution in [0.15, 0.2) is 221 Å². The van der Waals surface area contributed by atoms with Gasteiger partial charge in [-0.2, -0.15) is 30.6 Å². The standard InChI is InChI=1S/3C15H16FN3O5P2.3C11H14FN3O5P2/c1-25(20,21)15(16,26(22,23)24)6-10-5-11(8-17-7-10)12-3-2-4-14-13(12)9-18-19-14;1-25(20,21)15(16,26(22,23)24)8-11-7-10(5-6-17-11)12-3-2-4-14-13(12)9-18-19-14;1-25(20,21)15(16,26(22,23)24)8-10-5-6-17-14(7-10)11-3-2-4-13-12(11)9-18-19-13;1-21(16,17)11(12,22(18,19)20)3-8-2-9(5-13-4-8)10-6-14-15-7-10;1-21(16,17)11(12,22(18,19)20)4-10-3-2-8(5-13-10)9-6-14-15-7-9;1-21(16,17)11(12,22(18,19)20)4-8-2-3-10(13-5-8)9-6-14-15-7-9/h2-5,7-9H,6H2,1H3,(H,18,19)(H,20,21)(H2,22,23,24);2*2-7,9H,8H2,1H3,(H,18,19)(H,20,21)(H2,22,23,24);2,4-7H,3H2,1H3,(H,14,15)(H,16,17)(H2,18,19,20);2*2-3,5-7H,4H2,1H3,(H,14,15)(H,16,17)(H2,18,19,20). The van der Waals surface area contributed by atoms with Crippen molar-refractivity contribution in [2.75, 3.05) is 40.0 Å². The minimum Gasteiger partial charge on any atom is -0.342 e. The molecule has 3 aromatic carbocycles. The molecule has 12 aromatic heterocycles. The van der Waals surface area contributed by atoms with Gasteiger partial charge in [0.2, 0.25) is 44.2 Å². The number of alkyl halides is 6. The molecule has 0 aliphatic carbocycles. The van der Waals surface area contributed by atoms with Crippen molar-refractivity contribution in [3.8, 4) is 67.0 Å². The second kappa shape index (κ2) is 43.9. The van der Waals surface area contributed by atoms with Crippen molar-refractivity contribution in [3.63, 3.8) is 0 Å². The molecule has 774 valence electrons. The normalized spacial score (nSPS) is 17.3. The van der Waals surface area contributed by atoms with Gasteiger partial charge in [-0.05, 0) is 106 Å². The van der Waals surface area contributed by atoms with Crippen LogP contribution in [0.2, 0.25) is 0 Å². The van der Waals surface area contributed by atoms with E-state index in [4.69, 9.17) is 29.4 Å². The van der Waals surface area contributed by atoms with Crippen molar-refractivity contribution in [2.45, 2.75) is 69.4 Å². The minimum atomic E-state index is -5.53. The highest BCUT2D eigenvalue weighted by atomic mass is 31.3. The fourth-order valence-electron chi connectivity index (χ4n) is 13.6. The number of benzene rings is 3. The summed E-state index contributed by atoms with van der Waals surface area (Å²) in [6, 6.07) is 30.7. The van der Waals surface area contributed by atoms with Crippen LogP contribution in [0, 0.1) is 0 Å². The summed E-state index contributed by atoms with van der Waals surface area (Å²) in [5, 5.41) is 20.3. The predicted molar refractivity (Wildman–Crippen MR) is 515 cm³/mol. The molecule has 144 heavy (non-hydrogen) atoms. The van der Waals surface area contributed by atoms with Gasteiger partial charge in [-0.1, -0.05) is 48.5 Å². The smallest absolute Gasteiger partial charge is 0.342 e. The fourth-order valence-corrected chi connectivity index (χ4v) is 30.3. The maximum absolute atomic E-state index is 14.9. The van der Waals surface area contributed by atoms with E-state index in [9.17, 15) is 140 Å². The molecule has 66 heteroatoms. The molecule has 0 radical (unpaired) electrons. The van der Waals surface area contributed by atoms with E-state index in [-0.39, 0.29) is 33.6 Å². The first-order valence-corrected chi connectivity index (χ1v) is 62.8. The third-order valence-corrected chi connectivity index (χ3v) is 48.0. The highest BCUT2D eigenvalue weighted by Crippen LogP contribution is 2.76. The van der Waals surface area contributed by atoms with E-state index in [1.54, 1.807) is 91.9 Å². The Kier molecular flexibility index (Phi) is 35.4. The Hall–Kier alpha value is -9.78. The van der Waals surface area contributed by atoms with E-state index in [1.165, 1.54) is 110 Å². The molecule has 0 aliphatic rings. The van der Waals surface area contributed by atoms with E-state index >= 15 is 0 Å². The van der Waals surface area contributed by atoms with E-state index < -0.39 is 159 Å². The van der Waals surface area contributed by atoms with Crippen LogP contribution in [0.4, 0.5) is 26.3 Å². The topological polar surface area (TPSA) is 818 Å². The Labute approximate surface area is 809 Å². The number of rotatable bonds is 30. The van der Waals surface area contributed by atoms with Gasteiger partial charge in [-0.25, -0.2) is 26.3 Å². The first-order valence-electron chi connectivity index (χ1n) is 40.4. The van der Waals surface area contributed by atoms with Crippen LogP contribution in [-0.2, 0) is 93.3 Å². The average molecular weight is 2250 g/mol. The lowest BCUT2D eigenvalue weighted by Gasteiger charge is -2.28. The van der Waals surface area contributed by atoms with Crippen molar-refractivity contribution in [2.24, 2.45) is 0 Å². The van der Waals surface area contributed by atoms with Gasteiger partial charge in [0.05, 0.1) is 65.1 Å². The van der Waals surface area contributed by atoms with Crippen molar-refractivity contribution < 1.29 is 169 Å². The summed E-state index contributed by atoms with van der Waals surface area (Å²) in [6.07, 6.45) is 19.1. The number of hydrogen-bond donors (Lipinski definition) is 24. The number of aromatic nitrogens is 18. The second-order valence-corrected chi connectivity index (χ2v) is 60.3. The van der Waals surface area contributed by atoms with Crippen molar-refractivity contribution in [3.05, 3.63) is 254 Å². The molecule has 12 atom stereocenters. The summed E-state index contributed by atoms with van der Waals surface area (Å²) in [5.74, 6) is 0. The number of fused-ring (bicyclic) bond motifs is 3. The number of aromatic amines is 6. The molecule has 15 aromatic rings. The third kappa shape index (κ3) is 26.5. The maximum Gasteiger partial charge on any atom is 0.372 e. The van der Waals surface area contributed by atoms with Gasteiger partial charge >= 0.3 is 45.6 Å². The van der Waals surface area contributed by atoms with Crippen LogP contribution in [0.25, 0.3) is 99.7 Å². The van der Waals surface area contributed by atoms with Crippen molar-refractivity contribution >= 4 is 122 Å². The quantitative estimate of drug-likeness (QED) is 0.0147. The SMILES string of the molecule is CP(=O)(O)C(F)(Cc1cc(-c2cccc3[nH]ncc23)ccn1)P(=O)(O)O.CP(=O)(O)C(F)(Cc1ccc(-c2cn[nH]c2)cn1)P(=O)(O)O.CP(=O)(O)C(F)(Cc1ccc(-c2cn[nH]c2)nc1)P(=O)(O)O.CP(=O)(O)C(F)(Cc1ccnc(-c2cccc3[nH]ncc23)c1)P(=O)(O)O.CP(=O)(O)C(F)(Cc1cncc(-c2cccc3[nH]ncc23)c1)P(=O)(O)O.CP(=O)(O)C(F)(Cc1cncc(-c2cn[nH]c2)c1)P(=O)(O)O. The molecule has 12 heterocycles. The zero-order valence-electron chi connectivity index (χ0n) is 75.0. The number of pyridine rings is 6. The Morgan fingerprint density at radius 2 is 0.611 bits per heavy atom. The molecule has 12 unspecified atom stereocenters. The van der Waals surface area contributed by atoms with Crippen LogP contribution in [0.1, 0.15) is 33.6 Å². The summed E-state index contributed by atoms with van der Waals surface area (Å²) >= 11 is 0. The maximum atomic E-state index is 14.9. The Morgan fingerprint density at radius 3 is 0.993 bits per heavy atom. The highest BCUT2D eigenvalue weighted by molar-refractivity contribution is 7.77. The molecule has 0 amide bonds. The zero-order valence-corrected chi connectivity index (χ0v) is 85.7. The van der Waals surface area contributed by atoms with E-state index in [0.717, 1.165) is 49.4 Å². The van der Waals surface area contributed by atoms with Crippen LogP contribution < -0.4 is 0 Å². The number of halogens is 6. The molecule has 0 saturated carbocycles. The van der Waals surface area contributed by atoms with Gasteiger partial charge in [0.15, 0.2) is 0 Å². The number of H-pyrrole nitrogens is 6. The van der Waals surface area contributed by atoms with E-state index in [0.29, 0.717) is 90.3 Å². The summed E-state index contributed by atoms with van der Waals surface area (Å²) in [6.45, 7) is 3.52. The highest BCUT2D eigenvalue weighted by Gasteiger charge is 2.64. The van der Waals surface area contributed by atoms with Crippen molar-refractivity contribution in [1.29, 1.82) is 0 Å². The van der Waals surface area contributed by atoms with Gasteiger partial charge in [0, 0.05) is 213 Å². The number of nitrogens with one attached hydrogen (secondary N) is 6. The lowest BCUT2D eigenvalue weighted by atomic mass is 10.0. The molecule has 48 nitrogen and oxygen atoms in total. The minimum absolute atomic E-state index is 0.0470. The molecule has 0 fully saturated rings. The summed E-state index contributed by atoms with van der Waals surface area (Å²) in [4.78, 5) is 191. The van der Waals surface area contributed by atoms with Gasteiger partial charge in [0.1, 0.15) is 0 Å². The van der Waals surface area contributed by atoms with Gasteiger partial charge < -0.3 is 88.1 Å². The lowest BCUT2D eigenvalue weighted by molar-refractivity contribution is 0.249. The summed E-state index contributed by atoms with van der Waals surface area (Å²) in [7, 11) is -61.4. The predicted octanol–water partition coefficient (Wildman–Crippen LogP) is 13.8. The average Bonchev–Trinajstić information content (AvgIpc) is 1.14. The largest absolute Gasteiger partial charge is 0.372 e. The molecule has 0 bridgehead atoms. The summed E-state index contributed by atoms with van der Waals surface area (Å²) < 4.78 is 227. The van der Waals surface area contributed by atoms with Crippen LogP contribution in [-0.4, -0.2) is 250 Å². The molecule has 0 saturated heterocycles. The molecule has 15 rings (SSSR count). The zero-order chi connectivity index (χ0) is 107. The van der Waals surface area contributed by atoms with Gasteiger partial charge in [-0.15, -0.1) is 0 Å². The van der Waals surface area contributed by atoms with Gasteiger partial charge in [-0.3, -0.25) is 115 Å². The van der Waals surface area contributed by atoms with E-state index in [2.05, 4.69) is 91.1 Å². The Morgan fingerprint density at radius 1 is 0.257 bits per heavy atom. The monoisotopic (exact) mass is 2240 g/mol. The lowest BCUT2D eigenvalue weighted by Crippen LogP contribution is -2.26. The van der Waals surface area contributed by atoms with Crippen LogP contribution in [0.3, 0.4) is 0 Å². The first kappa shape index (κ1) is 116. The van der Waals surface area contributed by atoms with Gasteiger partial charge in [0.25, 0.3) is 30.9 Å². The second-order valence-electron chi connectivity index (χ2n) is 32.6. The number of nitrogens with zero attached hydrogens (tertiary/aromatic N) is 12.